The molecule has 2 heteroatoms. The van der Waals surface area contributed by atoms with Crippen LogP contribution in [0.1, 0.15) is 65.9 Å². The van der Waals surface area contributed by atoms with Crippen molar-refractivity contribution in [3.8, 4) is 16.9 Å². The van der Waals surface area contributed by atoms with Gasteiger partial charge >= 0.3 is 0 Å². The maximum Gasteiger partial charge on any atom is 0.136 e. The Labute approximate surface area is 165 Å². The topological polar surface area (TPSA) is 21.6 Å². The van der Waals surface area contributed by atoms with Gasteiger partial charge in [0.25, 0.3) is 0 Å². The van der Waals surface area contributed by atoms with Crippen LogP contribution in [0.2, 0.25) is 0 Å². The van der Waals surface area contributed by atoms with E-state index >= 15 is 0 Å². The maximum atomic E-state index is 6.43. The van der Waals surface area contributed by atoms with Gasteiger partial charge in [-0.2, -0.15) is 0 Å². The molecule has 2 unspecified atom stereocenters. The molecule has 0 fully saturated rings. The Morgan fingerprint density at radius 2 is 1.67 bits per heavy atom. The highest BCUT2D eigenvalue weighted by molar-refractivity contribution is 5.89. The lowest BCUT2D eigenvalue weighted by Crippen LogP contribution is -2.20. The van der Waals surface area contributed by atoms with Gasteiger partial charge < -0.3 is 4.74 Å². The maximum absolute atomic E-state index is 6.43. The fraction of sp³-hybridized carbons (Fsp3) is 0.480. The first-order valence-corrected chi connectivity index (χ1v) is 10.4. The minimum Gasteiger partial charge on any atom is -0.489 e. The summed E-state index contributed by atoms with van der Waals surface area (Å²) in [6, 6.07) is 17.1. The first kappa shape index (κ1) is 21.2. The minimum absolute atomic E-state index is 0.143. The Bertz CT molecular complexity index is 706. The second kappa shape index (κ2) is 10.9. The number of rotatable bonds is 10. The lowest BCUT2D eigenvalue weighted by atomic mass is 10.0. The first-order chi connectivity index (χ1) is 13.0. The molecule has 2 atom stereocenters. The molecule has 0 aliphatic carbocycles. The number of ether oxygens (including phenoxy) is 1. The molecule has 0 saturated carbocycles. The van der Waals surface area contributed by atoms with Gasteiger partial charge in [0.2, 0.25) is 0 Å². The number of benzene rings is 2. The molecule has 0 N–H and O–H groups in total. The van der Waals surface area contributed by atoms with Gasteiger partial charge in [-0.15, -0.1) is 0 Å². The van der Waals surface area contributed by atoms with E-state index in [4.69, 9.17) is 9.73 Å². The summed E-state index contributed by atoms with van der Waals surface area (Å²) in [4.78, 5) is 4.81. The van der Waals surface area contributed by atoms with Gasteiger partial charge in [0.1, 0.15) is 5.75 Å². The first-order valence-electron chi connectivity index (χ1n) is 10.4. The highest BCUT2D eigenvalue weighted by atomic mass is 16.5. The van der Waals surface area contributed by atoms with Gasteiger partial charge in [-0.25, -0.2) is 0 Å². The van der Waals surface area contributed by atoms with E-state index in [1.807, 2.05) is 12.3 Å². The van der Waals surface area contributed by atoms with Gasteiger partial charge in [-0.05, 0) is 37.8 Å². The van der Waals surface area contributed by atoms with Crippen molar-refractivity contribution in [2.75, 3.05) is 0 Å². The third-order valence-electron chi connectivity index (χ3n) is 5.07. The van der Waals surface area contributed by atoms with Crippen molar-refractivity contribution < 1.29 is 4.74 Å². The predicted molar refractivity (Wildman–Crippen MR) is 118 cm³/mol. The van der Waals surface area contributed by atoms with Crippen molar-refractivity contribution in [2.45, 2.75) is 72.4 Å². The van der Waals surface area contributed by atoms with Crippen LogP contribution >= 0.6 is 0 Å². The van der Waals surface area contributed by atoms with Gasteiger partial charge in [-0.3, -0.25) is 4.99 Å². The van der Waals surface area contributed by atoms with Crippen molar-refractivity contribution in [2.24, 2.45) is 10.9 Å². The molecule has 0 saturated heterocycles. The molecule has 2 aromatic carbocycles. The second-order valence-corrected chi connectivity index (χ2v) is 7.78. The molecule has 0 aromatic heterocycles. The Morgan fingerprint density at radius 3 is 2.33 bits per heavy atom. The normalized spacial score (nSPS) is 13.9. The monoisotopic (exact) mass is 365 g/mol. The third kappa shape index (κ3) is 6.53. The zero-order valence-corrected chi connectivity index (χ0v) is 17.6. The summed E-state index contributed by atoms with van der Waals surface area (Å²) in [7, 11) is 0. The Morgan fingerprint density at radius 1 is 0.926 bits per heavy atom. The zero-order valence-electron chi connectivity index (χ0n) is 17.6. The summed E-state index contributed by atoms with van der Waals surface area (Å²) in [6.45, 7) is 11.0. The molecule has 2 aromatic rings. The molecular formula is C25H35NO. The van der Waals surface area contributed by atoms with E-state index in [0.29, 0.717) is 12.0 Å². The van der Waals surface area contributed by atoms with E-state index in [0.717, 1.165) is 23.3 Å². The molecule has 0 spiro atoms. The number of aliphatic imine (C=N–C) groups is 1. The smallest absolute Gasteiger partial charge is 0.136 e. The average Bonchev–Trinajstić information content (AvgIpc) is 2.67. The fourth-order valence-electron chi connectivity index (χ4n) is 2.93. The molecule has 2 nitrogen and oxygen atoms in total. The van der Waals surface area contributed by atoms with Crippen LogP contribution in [0.5, 0.6) is 5.75 Å². The fourth-order valence-corrected chi connectivity index (χ4v) is 2.93. The number of hydrogen-bond donors (Lipinski definition) is 0. The molecule has 0 heterocycles. The zero-order chi connectivity index (χ0) is 19.6. The summed E-state index contributed by atoms with van der Waals surface area (Å²) >= 11 is 0. The molecule has 146 valence electrons. The molecule has 0 radical (unpaired) electrons. The Balaban J connectivity index is 2.32. The van der Waals surface area contributed by atoms with Crippen LogP contribution in [0.3, 0.4) is 0 Å². The van der Waals surface area contributed by atoms with Gasteiger partial charge in [0.05, 0.1) is 6.10 Å². The lowest BCUT2D eigenvalue weighted by Gasteiger charge is -2.22. The van der Waals surface area contributed by atoms with Crippen LogP contribution < -0.4 is 4.74 Å². The van der Waals surface area contributed by atoms with Crippen molar-refractivity contribution in [3.63, 3.8) is 0 Å². The van der Waals surface area contributed by atoms with Crippen molar-refractivity contribution in [1.82, 2.24) is 0 Å². The third-order valence-corrected chi connectivity index (χ3v) is 5.07. The van der Waals surface area contributed by atoms with Gasteiger partial charge in [0.15, 0.2) is 0 Å². The van der Waals surface area contributed by atoms with Crippen LogP contribution in [0, 0.1) is 5.92 Å². The Hall–Kier alpha value is -2.09. The number of nitrogens with zero attached hydrogens (tertiary/aromatic N) is 1. The van der Waals surface area contributed by atoms with Crippen molar-refractivity contribution >= 4 is 6.21 Å². The van der Waals surface area contributed by atoms with Crippen LogP contribution in [0.25, 0.3) is 11.1 Å². The number of para-hydroxylation sites is 1. The molecule has 0 amide bonds. The van der Waals surface area contributed by atoms with Crippen LogP contribution in [0.15, 0.2) is 53.5 Å². The van der Waals surface area contributed by atoms with E-state index in [-0.39, 0.29) is 6.10 Å². The highest BCUT2D eigenvalue weighted by Gasteiger charge is 2.16. The minimum atomic E-state index is 0.143. The number of hydrogen-bond acceptors (Lipinski definition) is 2. The van der Waals surface area contributed by atoms with E-state index in [1.54, 1.807) is 0 Å². The second-order valence-electron chi connectivity index (χ2n) is 7.78. The molecule has 0 aliphatic rings. The molecule has 2 rings (SSSR count). The van der Waals surface area contributed by atoms with Crippen LogP contribution in [-0.4, -0.2) is 18.4 Å². The van der Waals surface area contributed by atoms with E-state index < -0.39 is 0 Å². The van der Waals surface area contributed by atoms with Crippen molar-refractivity contribution in [3.05, 3.63) is 54.1 Å². The SMILES string of the molecule is CCCCCC(C)N=Cc1cccc(-c2ccccc2)c1OC(C)C(C)C. The summed E-state index contributed by atoms with van der Waals surface area (Å²) in [5.74, 6) is 1.39. The van der Waals surface area contributed by atoms with Gasteiger partial charge in [0, 0.05) is 23.4 Å². The summed E-state index contributed by atoms with van der Waals surface area (Å²) in [5, 5.41) is 0. The number of unbranched alkanes of at least 4 members (excludes halogenated alkanes) is 2. The van der Waals surface area contributed by atoms with E-state index in [1.165, 1.54) is 24.8 Å². The molecule has 0 aliphatic heterocycles. The highest BCUT2D eigenvalue weighted by Crippen LogP contribution is 2.34. The Kier molecular flexibility index (Phi) is 8.57. The summed E-state index contributed by atoms with van der Waals surface area (Å²) in [6.07, 6.45) is 7.06. The largest absolute Gasteiger partial charge is 0.489 e. The predicted octanol–water partition coefficient (Wildman–Crippen LogP) is 7.16. The van der Waals surface area contributed by atoms with Crippen molar-refractivity contribution in [1.29, 1.82) is 0 Å². The average molecular weight is 366 g/mol. The molecule has 27 heavy (non-hydrogen) atoms. The quantitative estimate of drug-likeness (QED) is 0.323. The standard InChI is InChI=1S/C25H35NO/c1-6-7-9-13-20(4)26-18-23-16-12-17-24(22-14-10-8-11-15-22)25(23)27-21(5)19(2)3/h8,10-12,14-21H,6-7,9,13H2,1-5H3. The van der Waals surface area contributed by atoms with Crippen LogP contribution in [0.4, 0.5) is 0 Å². The van der Waals surface area contributed by atoms with E-state index in [2.05, 4.69) is 77.1 Å². The van der Waals surface area contributed by atoms with Crippen LogP contribution in [-0.2, 0) is 0 Å². The molecule has 0 bridgehead atoms. The summed E-state index contributed by atoms with van der Waals surface area (Å²) < 4.78 is 6.43. The molecular weight excluding hydrogens is 330 g/mol. The van der Waals surface area contributed by atoms with Gasteiger partial charge in [-0.1, -0.05) is 82.5 Å². The van der Waals surface area contributed by atoms with E-state index in [9.17, 15) is 0 Å². The summed E-state index contributed by atoms with van der Waals surface area (Å²) in [5.41, 5.74) is 3.37. The lowest BCUT2D eigenvalue weighted by molar-refractivity contribution is 0.171.